The van der Waals surface area contributed by atoms with Gasteiger partial charge in [-0.2, -0.15) is 0 Å². The molecule has 0 aliphatic heterocycles. The Morgan fingerprint density at radius 1 is 1.24 bits per heavy atom. The van der Waals surface area contributed by atoms with Crippen LogP contribution in [0.25, 0.3) is 10.9 Å². The van der Waals surface area contributed by atoms with E-state index in [1.54, 1.807) is 18.2 Å². The molecule has 0 bridgehead atoms. The van der Waals surface area contributed by atoms with Crippen molar-refractivity contribution in [2.45, 2.75) is 13.5 Å². The first kappa shape index (κ1) is 13.6. The smallest absolute Gasteiger partial charge is 0.346 e. The van der Waals surface area contributed by atoms with Crippen molar-refractivity contribution in [1.82, 2.24) is 4.98 Å². The Morgan fingerprint density at radius 2 is 2.10 bits per heavy atom. The zero-order valence-electron chi connectivity index (χ0n) is 11.3. The van der Waals surface area contributed by atoms with Crippen molar-refractivity contribution in [3.8, 4) is 5.75 Å². The summed E-state index contributed by atoms with van der Waals surface area (Å²) >= 11 is 5.91. The van der Waals surface area contributed by atoms with E-state index >= 15 is 0 Å². The maximum atomic E-state index is 11.9. The topological polar surface area (TPSA) is 52.3 Å². The maximum Gasteiger partial charge on any atom is 0.346 e. The summed E-state index contributed by atoms with van der Waals surface area (Å²) in [5.41, 5.74) is 1.15. The number of hydrogen-bond donors (Lipinski definition) is 0. The molecule has 5 heteroatoms. The van der Waals surface area contributed by atoms with Crippen LogP contribution in [-0.2, 0) is 6.61 Å². The number of ether oxygens (including phenoxy) is 1. The Kier molecular flexibility index (Phi) is 3.62. The average molecular weight is 302 g/mol. The van der Waals surface area contributed by atoms with Gasteiger partial charge in [-0.25, -0.2) is 9.78 Å². The molecule has 0 radical (unpaired) electrons. The SMILES string of the molecule is Cc1cccc(OCc2nc3cc(Cl)ccc3c(=O)o2)c1. The second kappa shape index (κ2) is 5.58. The minimum atomic E-state index is -0.445. The van der Waals surface area contributed by atoms with Gasteiger partial charge in [0.05, 0.1) is 10.9 Å². The quantitative estimate of drug-likeness (QED) is 0.739. The first-order valence-electron chi connectivity index (χ1n) is 6.40. The number of aromatic nitrogens is 1. The summed E-state index contributed by atoms with van der Waals surface area (Å²) < 4.78 is 10.7. The van der Waals surface area contributed by atoms with Gasteiger partial charge in [0.15, 0.2) is 6.61 Å². The van der Waals surface area contributed by atoms with E-state index in [0.29, 0.717) is 21.7 Å². The fraction of sp³-hybridized carbons (Fsp3) is 0.125. The van der Waals surface area contributed by atoms with Crippen molar-refractivity contribution in [3.05, 3.63) is 69.4 Å². The van der Waals surface area contributed by atoms with E-state index in [0.717, 1.165) is 5.56 Å². The van der Waals surface area contributed by atoms with Crippen molar-refractivity contribution in [3.63, 3.8) is 0 Å². The summed E-state index contributed by atoms with van der Waals surface area (Å²) in [5.74, 6) is 0.918. The third-order valence-electron chi connectivity index (χ3n) is 2.99. The van der Waals surface area contributed by atoms with Crippen molar-refractivity contribution >= 4 is 22.5 Å². The van der Waals surface area contributed by atoms with Gasteiger partial charge >= 0.3 is 5.63 Å². The highest BCUT2D eigenvalue weighted by Gasteiger charge is 2.07. The van der Waals surface area contributed by atoms with Crippen LogP contribution in [0.5, 0.6) is 5.75 Å². The molecule has 21 heavy (non-hydrogen) atoms. The predicted octanol–water partition coefficient (Wildman–Crippen LogP) is 3.73. The molecule has 1 heterocycles. The number of aryl methyl sites for hydroxylation is 1. The lowest BCUT2D eigenvalue weighted by molar-refractivity contribution is 0.253. The second-order valence-electron chi connectivity index (χ2n) is 4.66. The van der Waals surface area contributed by atoms with Gasteiger partial charge in [0.1, 0.15) is 5.75 Å². The Bertz CT molecular complexity index is 858. The fourth-order valence-electron chi connectivity index (χ4n) is 2.00. The van der Waals surface area contributed by atoms with E-state index in [-0.39, 0.29) is 12.5 Å². The lowest BCUT2D eigenvalue weighted by Gasteiger charge is -2.06. The number of nitrogens with zero attached hydrogens (tertiary/aromatic N) is 1. The molecular weight excluding hydrogens is 290 g/mol. The molecule has 0 spiro atoms. The van der Waals surface area contributed by atoms with Gasteiger partial charge in [0.25, 0.3) is 0 Å². The van der Waals surface area contributed by atoms with E-state index in [4.69, 9.17) is 20.8 Å². The third kappa shape index (κ3) is 3.06. The minimum Gasteiger partial charge on any atom is -0.484 e. The summed E-state index contributed by atoms with van der Waals surface area (Å²) in [6.45, 7) is 2.06. The Morgan fingerprint density at radius 3 is 2.90 bits per heavy atom. The monoisotopic (exact) mass is 301 g/mol. The highest BCUT2D eigenvalue weighted by molar-refractivity contribution is 6.31. The molecule has 2 aromatic carbocycles. The third-order valence-corrected chi connectivity index (χ3v) is 3.22. The Hall–Kier alpha value is -2.33. The first-order valence-corrected chi connectivity index (χ1v) is 6.78. The largest absolute Gasteiger partial charge is 0.484 e. The summed E-state index contributed by atoms with van der Waals surface area (Å²) in [5, 5.41) is 0.921. The Balaban J connectivity index is 1.89. The molecule has 3 rings (SSSR count). The molecule has 0 unspecified atom stereocenters. The van der Waals surface area contributed by atoms with Crippen LogP contribution in [0.15, 0.2) is 51.7 Å². The van der Waals surface area contributed by atoms with E-state index in [9.17, 15) is 4.79 Å². The van der Waals surface area contributed by atoms with Crippen LogP contribution in [0.4, 0.5) is 0 Å². The molecule has 0 aliphatic rings. The molecule has 106 valence electrons. The van der Waals surface area contributed by atoms with Gasteiger partial charge in [-0.15, -0.1) is 0 Å². The van der Waals surface area contributed by atoms with Gasteiger partial charge in [0, 0.05) is 5.02 Å². The molecule has 0 fully saturated rings. The van der Waals surface area contributed by atoms with Crippen LogP contribution in [0.1, 0.15) is 11.5 Å². The predicted molar refractivity (Wildman–Crippen MR) is 80.8 cm³/mol. The molecule has 0 saturated heterocycles. The summed E-state index contributed by atoms with van der Waals surface area (Å²) in [6.07, 6.45) is 0. The highest BCUT2D eigenvalue weighted by Crippen LogP contribution is 2.17. The first-order chi connectivity index (χ1) is 10.1. The van der Waals surface area contributed by atoms with Crippen molar-refractivity contribution in [1.29, 1.82) is 0 Å². The van der Waals surface area contributed by atoms with Crippen LogP contribution in [0.2, 0.25) is 5.02 Å². The van der Waals surface area contributed by atoms with E-state index in [2.05, 4.69) is 4.98 Å². The second-order valence-corrected chi connectivity index (χ2v) is 5.10. The van der Waals surface area contributed by atoms with Crippen LogP contribution in [0.3, 0.4) is 0 Å². The molecule has 1 aromatic heterocycles. The molecular formula is C16H12ClNO3. The van der Waals surface area contributed by atoms with Crippen LogP contribution >= 0.6 is 11.6 Å². The molecule has 3 aromatic rings. The van der Waals surface area contributed by atoms with Crippen LogP contribution in [-0.4, -0.2) is 4.98 Å². The van der Waals surface area contributed by atoms with Gasteiger partial charge in [-0.05, 0) is 42.8 Å². The van der Waals surface area contributed by atoms with Crippen LogP contribution in [0, 0.1) is 6.92 Å². The lowest BCUT2D eigenvalue weighted by Crippen LogP contribution is -2.07. The Labute approximate surface area is 126 Å². The zero-order chi connectivity index (χ0) is 14.8. The average Bonchev–Trinajstić information content (AvgIpc) is 2.45. The highest BCUT2D eigenvalue weighted by atomic mass is 35.5. The van der Waals surface area contributed by atoms with Crippen molar-refractivity contribution in [2.75, 3.05) is 0 Å². The minimum absolute atomic E-state index is 0.0845. The van der Waals surface area contributed by atoms with Gasteiger partial charge in [0.2, 0.25) is 5.89 Å². The van der Waals surface area contributed by atoms with E-state index in [1.165, 1.54) is 0 Å². The summed E-state index contributed by atoms with van der Waals surface area (Å²) in [4.78, 5) is 16.1. The maximum absolute atomic E-state index is 11.9. The summed E-state index contributed by atoms with van der Waals surface area (Å²) in [6, 6.07) is 12.5. The lowest BCUT2D eigenvalue weighted by atomic mass is 10.2. The van der Waals surface area contributed by atoms with Crippen LogP contribution < -0.4 is 10.4 Å². The molecule has 0 atom stereocenters. The standard InChI is InChI=1S/C16H12ClNO3/c1-10-3-2-4-12(7-10)20-9-15-18-14-8-11(17)5-6-13(14)16(19)21-15/h2-8H,9H2,1H3. The van der Waals surface area contributed by atoms with Gasteiger partial charge < -0.3 is 9.15 Å². The summed E-state index contributed by atoms with van der Waals surface area (Å²) in [7, 11) is 0. The number of fused-ring (bicyclic) bond motifs is 1. The zero-order valence-corrected chi connectivity index (χ0v) is 12.1. The van der Waals surface area contributed by atoms with Crippen molar-refractivity contribution in [2.24, 2.45) is 0 Å². The molecule has 0 saturated carbocycles. The number of hydrogen-bond acceptors (Lipinski definition) is 4. The van der Waals surface area contributed by atoms with E-state index in [1.807, 2.05) is 31.2 Å². The van der Waals surface area contributed by atoms with Gasteiger partial charge in [-0.3, -0.25) is 0 Å². The van der Waals surface area contributed by atoms with E-state index < -0.39 is 5.63 Å². The molecule has 0 amide bonds. The number of rotatable bonds is 3. The molecule has 4 nitrogen and oxygen atoms in total. The molecule has 0 N–H and O–H groups in total. The van der Waals surface area contributed by atoms with Gasteiger partial charge in [-0.1, -0.05) is 23.7 Å². The number of halogens is 1. The number of benzene rings is 2. The fourth-order valence-corrected chi connectivity index (χ4v) is 2.17. The molecule has 0 aliphatic carbocycles. The van der Waals surface area contributed by atoms with Crippen molar-refractivity contribution < 1.29 is 9.15 Å². The normalized spacial score (nSPS) is 10.8.